The number of carbonyl (C=O) groups is 2. The van der Waals surface area contributed by atoms with Crippen molar-refractivity contribution in [3.8, 4) is 5.75 Å². The standard InChI is InChI=1S/C17H23N3O4/c1-18(2)16(23)14-8-24-17(9-19(14)3)10-20(11-17)15(22)12-5-4-6-13(21)7-12/h4-7,14,21H,8-11H2,1-3H3/t14-/m1/s1. The van der Waals surface area contributed by atoms with E-state index in [4.69, 9.17) is 4.74 Å². The molecule has 24 heavy (non-hydrogen) atoms. The summed E-state index contributed by atoms with van der Waals surface area (Å²) in [5, 5.41) is 9.50. The number of nitrogens with zero attached hydrogens (tertiary/aromatic N) is 3. The molecule has 2 amide bonds. The topological polar surface area (TPSA) is 73.3 Å². The number of benzene rings is 1. The molecule has 130 valence electrons. The molecule has 0 radical (unpaired) electrons. The van der Waals surface area contributed by atoms with Gasteiger partial charge in [-0.25, -0.2) is 0 Å². The van der Waals surface area contributed by atoms with Crippen LogP contribution in [-0.4, -0.2) is 90.6 Å². The van der Waals surface area contributed by atoms with Gasteiger partial charge in [0, 0.05) is 26.2 Å². The number of hydrogen-bond acceptors (Lipinski definition) is 5. The molecule has 0 bridgehead atoms. The van der Waals surface area contributed by atoms with Crippen molar-refractivity contribution in [2.24, 2.45) is 0 Å². The highest BCUT2D eigenvalue weighted by Crippen LogP contribution is 2.32. The molecule has 1 aromatic rings. The molecule has 0 unspecified atom stereocenters. The lowest BCUT2D eigenvalue weighted by Crippen LogP contribution is -2.73. The Hall–Kier alpha value is -2.12. The Morgan fingerprint density at radius 1 is 1.29 bits per heavy atom. The molecule has 2 fully saturated rings. The van der Waals surface area contributed by atoms with Gasteiger partial charge in [-0.05, 0) is 25.2 Å². The quantitative estimate of drug-likeness (QED) is 0.825. The number of phenolic OH excluding ortho intramolecular Hbond substituents is 1. The highest BCUT2D eigenvalue weighted by molar-refractivity contribution is 5.95. The van der Waals surface area contributed by atoms with Crippen LogP contribution in [0.3, 0.4) is 0 Å². The first-order valence-corrected chi connectivity index (χ1v) is 7.95. The van der Waals surface area contributed by atoms with Gasteiger partial charge in [0.2, 0.25) is 5.91 Å². The number of likely N-dealkylation sites (tertiary alicyclic amines) is 1. The van der Waals surface area contributed by atoms with Crippen LogP contribution in [0.25, 0.3) is 0 Å². The number of phenols is 1. The van der Waals surface area contributed by atoms with Crippen molar-refractivity contribution < 1.29 is 19.4 Å². The van der Waals surface area contributed by atoms with E-state index in [0.717, 1.165) is 0 Å². The van der Waals surface area contributed by atoms with Crippen molar-refractivity contribution in [2.45, 2.75) is 11.6 Å². The molecule has 7 nitrogen and oxygen atoms in total. The fraction of sp³-hybridized carbons (Fsp3) is 0.529. The van der Waals surface area contributed by atoms with Gasteiger partial charge in [-0.3, -0.25) is 14.5 Å². The van der Waals surface area contributed by atoms with Gasteiger partial charge < -0.3 is 19.6 Å². The van der Waals surface area contributed by atoms with E-state index in [-0.39, 0.29) is 23.6 Å². The molecule has 2 heterocycles. The van der Waals surface area contributed by atoms with Crippen LogP contribution < -0.4 is 0 Å². The summed E-state index contributed by atoms with van der Waals surface area (Å²) in [6, 6.07) is 6.07. The zero-order chi connectivity index (χ0) is 17.5. The van der Waals surface area contributed by atoms with Gasteiger partial charge in [0.25, 0.3) is 5.91 Å². The number of morpholine rings is 1. The van der Waals surface area contributed by atoms with E-state index < -0.39 is 5.60 Å². The van der Waals surface area contributed by atoms with Crippen LogP contribution in [0.15, 0.2) is 24.3 Å². The van der Waals surface area contributed by atoms with Crippen LogP contribution in [0.2, 0.25) is 0 Å². The molecule has 2 aliphatic rings. The van der Waals surface area contributed by atoms with E-state index in [9.17, 15) is 14.7 Å². The summed E-state index contributed by atoms with van der Waals surface area (Å²) in [6.45, 7) is 1.94. The largest absolute Gasteiger partial charge is 0.508 e. The average molecular weight is 333 g/mol. The van der Waals surface area contributed by atoms with Gasteiger partial charge in [-0.1, -0.05) is 6.07 Å². The highest BCUT2D eigenvalue weighted by Gasteiger charge is 2.51. The highest BCUT2D eigenvalue weighted by atomic mass is 16.5. The van der Waals surface area contributed by atoms with Gasteiger partial charge in [-0.2, -0.15) is 0 Å². The third kappa shape index (κ3) is 2.97. The predicted octanol–water partition coefficient (Wildman–Crippen LogP) is 0.00560. The zero-order valence-electron chi connectivity index (χ0n) is 14.2. The molecule has 2 saturated heterocycles. The zero-order valence-corrected chi connectivity index (χ0v) is 14.2. The van der Waals surface area contributed by atoms with E-state index in [0.29, 0.717) is 31.8 Å². The van der Waals surface area contributed by atoms with Crippen LogP contribution >= 0.6 is 0 Å². The molecule has 1 N–H and O–H groups in total. The summed E-state index contributed by atoms with van der Waals surface area (Å²) in [4.78, 5) is 29.8. The number of carbonyl (C=O) groups excluding carboxylic acids is 2. The maximum Gasteiger partial charge on any atom is 0.254 e. The Labute approximate surface area is 141 Å². The number of rotatable bonds is 2. The van der Waals surface area contributed by atoms with Crippen molar-refractivity contribution in [1.82, 2.24) is 14.7 Å². The van der Waals surface area contributed by atoms with Crippen molar-refractivity contribution in [1.29, 1.82) is 0 Å². The number of aromatic hydroxyl groups is 1. The van der Waals surface area contributed by atoms with Crippen LogP contribution in [-0.2, 0) is 9.53 Å². The van der Waals surface area contributed by atoms with Gasteiger partial charge in [-0.15, -0.1) is 0 Å². The molecule has 0 saturated carbocycles. The molecule has 1 atom stereocenters. The van der Waals surface area contributed by atoms with Crippen molar-refractivity contribution >= 4 is 11.8 Å². The summed E-state index contributed by atoms with van der Waals surface area (Å²) >= 11 is 0. The maximum atomic E-state index is 12.4. The lowest BCUT2D eigenvalue weighted by Gasteiger charge is -2.54. The molecule has 2 aliphatic heterocycles. The lowest BCUT2D eigenvalue weighted by atomic mass is 9.90. The van der Waals surface area contributed by atoms with Gasteiger partial charge in [0.1, 0.15) is 17.4 Å². The SMILES string of the molecule is CN(C)C(=O)[C@H]1COC2(CN(C(=O)c3cccc(O)c3)C2)CN1C. The summed E-state index contributed by atoms with van der Waals surface area (Å²) in [7, 11) is 5.38. The van der Waals surface area contributed by atoms with Crippen LogP contribution in [0, 0.1) is 0 Å². The number of likely N-dealkylation sites (N-methyl/N-ethyl adjacent to an activating group) is 2. The monoisotopic (exact) mass is 333 g/mol. The smallest absolute Gasteiger partial charge is 0.254 e. The number of hydrogen-bond donors (Lipinski definition) is 1. The molecule has 0 aromatic heterocycles. The van der Waals surface area contributed by atoms with E-state index >= 15 is 0 Å². The second kappa shape index (κ2) is 6.07. The molecule has 7 heteroatoms. The third-order valence-corrected chi connectivity index (χ3v) is 4.68. The summed E-state index contributed by atoms with van der Waals surface area (Å²) in [5.74, 6) is -0.0107. The second-order valence-electron chi connectivity index (χ2n) is 6.87. The first-order valence-electron chi connectivity index (χ1n) is 7.95. The third-order valence-electron chi connectivity index (χ3n) is 4.68. The van der Waals surface area contributed by atoms with Crippen LogP contribution in [0.1, 0.15) is 10.4 Å². The predicted molar refractivity (Wildman–Crippen MR) is 87.8 cm³/mol. The molecule has 1 spiro atoms. The van der Waals surface area contributed by atoms with Crippen LogP contribution in [0.5, 0.6) is 5.75 Å². The Morgan fingerprint density at radius 2 is 2.00 bits per heavy atom. The summed E-state index contributed by atoms with van der Waals surface area (Å²) < 4.78 is 5.96. The Balaban J connectivity index is 1.60. The van der Waals surface area contributed by atoms with E-state index in [2.05, 4.69) is 0 Å². The van der Waals surface area contributed by atoms with Gasteiger partial charge >= 0.3 is 0 Å². The fourth-order valence-corrected chi connectivity index (χ4v) is 3.36. The van der Waals surface area contributed by atoms with Crippen LogP contribution in [0.4, 0.5) is 0 Å². The fourth-order valence-electron chi connectivity index (χ4n) is 3.36. The first-order chi connectivity index (χ1) is 11.3. The first kappa shape index (κ1) is 16.7. The summed E-state index contributed by atoms with van der Waals surface area (Å²) in [5.41, 5.74) is 0.0688. The van der Waals surface area contributed by atoms with Crippen molar-refractivity contribution in [3.05, 3.63) is 29.8 Å². The second-order valence-corrected chi connectivity index (χ2v) is 6.87. The Bertz CT molecular complexity index is 655. The molecule has 0 aliphatic carbocycles. The minimum absolute atomic E-state index is 0.0272. The minimum atomic E-state index is -0.398. The van der Waals surface area contributed by atoms with Gasteiger partial charge in [0.05, 0.1) is 19.7 Å². The lowest BCUT2D eigenvalue weighted by molar-refractivity contribution is -0.190. The Morgan fingerprint density at radius 3 is 2.58 bits per heavy atom. The number of amides is 2. The van der Waals surface area contributed by atoms with E-state index in [1.165, 1.54) is 12.1 Å². The van der Waals surface area contributed by atoms with Crippen molar-refractivity contribution in [3.63, 3.8) is 0 Å². The maximum absolute atomic E-state index is 12.4. The van der Waals surface area contributed by atoms with E-state index in [1.807, 2.05) is 11.9 Å². The van der Waals surface area contributed by atoms with E-state index in [1.54, 1.807) is 36.0 Å². The molecule has 1 aromatic carbocycles. The van der Waals surface area contributed by atoms with Gasteiger partial charge in [0.15, 0.2) is 0 Å². The normalized spacial score (nSPS) is 23.0. The average Bonchev–Trinajstić information content (AvgIpc) is 2.51. The molecule has 3 rings (SSSR count). The minimum Gasteiger partial charge on any atom is -0.508 e. The van der Waals surface area contributed by atoms with Crippen molar-refractivity contribution in [2.75, 3.05) is 47.4 Å². The Kier molecular flexibility index (Phi) is 4.23. The molecular formula is C17H23N3O4. The number of ether oxygens (including phenoxy) is 1. The molecular weight excluding hydrogens is 310 g/mol. The summed E-state index contributed by atoms with van der Waals surface area (Å²) in [6.07, 6.45) is 0.